The summed E-state index contributed by atoms with van der Waals surface area (Å²) in [4.78, 5) is 45.3. The van der Waals surface area contributed by atoms with Crippen LogP contribution in [-0.4, -0.2) is 40.8 Å². The number of carbonyl (C=O) groups excluding carboxylic acids is 3. The van der Waals surface area contributed by atoms with E-state index >= 15 is 0 Å². The van der Waals surface area contributed by atoms with E-state index in [1.807, 2.05) is 13.0 Å². The average Bonchev–Trinajstić information content (AvgIpc) is 3.46. The fraction of sp³-hybridized carbons (Fsp3) is 0.355. The van der Waals surface area contributed by atoms with Crippen LogP contribution in [0, 0.1) is 6.92 Å². The van der Waals surface area contributed by atoms with Gasteiger partial charge in [-0.3, -0.25) is 19.3 Å². The van der Waals surface area contributed by atoms with Crippen molar-refractivity contribution in [2.75, 3.05) is 18.1 Å². The van der Waals surface area contributed by atoms with E-state index in [4.69, 9.17) is 9.47 Å². The van der Waals surface area contributed by atoms with E-state index in [1.54, 1.807) is 49.4 Å². The number of unbranched alkanes of at least 4 members (excludes halogenated alkanes) is 2. The number of amides is 1. The molecule has 0 bridgehead atoms. The van der Waals surface area contributed by atoms with Crippen molar-refractivity contribution in [3.8, 4) is 11.5 Å². The summed E-state index contributed by atoms with van der Waals surface area (Å²) in [5, 5.41) is 11.6. The first kappa shape index (κ1) is 29.0. The van der Waals surface area contributed by atoms with Crippen molar-refractivity contribution in [3.05, 3.63) is 75.8 Å². The molecule has 8 nitrogen and oxygen atoms in total. The minimum Gasteiger partial charge on any atom is -0.507 e. The predicted molar refractivity (Wildman–Crippen MR) is 155 cm³/mol. The third-order valence-corrected chi connectivity index (χ3v) is 7.80. The third-order valence-electron chi connectivity index (χ3n) is 6.55. The summed E-state index contributed by atoms with van der Waals surface area (Å²) in [5.74, 6) is -0.910. The summed E-state index contributed by atoms with van der Waals surface area (Å²) in [6.45, 7) is 8.35. The van der Waals surface area contributed by atoms with Crippen LogP contribution in [0.5, 0.6) is 11.5 Å². The average molecular weight is 563 g/mol. The zero-order valence-corrected chi connectivity index (χ0v) is 24.0. The second-order valence-electron chi connectivity index (χ2n) is 9.64. The van der Waals surface area contributed by atoms with Crippen molar-refractivity contribution in [1.82, 2.24) is 4.98 Å². The van der Waals surface area contributed by atoms with Crippen molar-refractivity contribution in [2.24, 2.45) is 0 Å². The van der Waals surface area contributed by atoms with Crippen LogP contribution in [0.2, 0.25) is 0 Å². The van der Waals surface area contributed by atoms with Gasteiger partial charge in [0.2, 0.25) is 0 Å². The maximum atomic E-state index is 13.5. The third kappa shape index (κ3) is 6.09. The van der Waals surface area contributed by atoms with Gasteiger partial charge in [-0.25, -0.2) is 4.98 Å². The Balaban J connectivity index is 1.82. The van der Waals surface area contributed by atoms with Gasteiger partial charge in [0.25, 0.3) is 5.78 Å². The van der Waals surface area contributed by atoms with Crippen LogP contribution in [0.4, 0.5) is 5.13 Å². The van der Waals surface area contributed by atoms with E-state index in [-0.39, 0.29) is 22.2 Å². The number of hydrogen-bond acceptors (Lipinski definition) is 8. The molecule has 1 amide bonds. The van der Waals surface area contributed by atoms with Gasteiger partial charge in [-0.1, -0.05) is 50.2 Å². The smallest absolute Gasteiger partial charge is 0.301 e. The molecule has 1 N–H and O–H groups in total. The Bertz CT molecular complexity index is 1430. The molecular formula is C31H34N2O6S. The Hall–Kier alpha value is -3.98. The van der Waals surface area contributed by atoms with Gasteiger partial charge in [-0.2, -0.15) is 0 Å². The standard InChI is InChI=1S/C31H34N2O6S/c1-5-7-8-17-39-24-11-9-10-22(18-24)26-25(27(35)21-12-14-23(15-13-21)38-16-6-2)28(36)30(37)33(26)31-32-19(3)29(40-31)20(4)34/h9-15,18,26,35H,5-8,16-17H2,1-4H3/b27-25+. The molecule has 1 aromatic heterocycles. The molecule has 210 valence electrons. The highest BCUT2D eigenvalue weighted by Crippen LogP contribution is 2.44. The number of anilines is 1. The monoisotopic (exact) mass is 562 g/mol. The fourth-order valence-corrected chi connectivity index (χ4v) is 5.55. The highest BCUT2D eigenvalue weighted by Gasteiger charge is 2.48. The Kier molecular flexibility index (Phi) is 9.37. The van der Waals surface area contributed by atoms with E-state index in [0.717, 1.165) is 37.0 Å². The molecule has 1 aliphatic rings. The molecule has 0 radical (unpaired) electrons. The predicted octanol–water partition coefficient (Wildman–Crippen LogP) is 6.64. The maximum Gasteiger partial charge on any atom is 0.301 e. The lowest BCUT2D eigenvalue weighted by Crippen LogP contribution is -2.29. The van der Waals surface area contributed by atoms with Crippen molar-refractivity contribution in [3.63, 3.8) is 0 Å². The van der Waals surface area contributed by atoms with E-state index in [2.05, 4.69) is 11.9 Å². The Morgan fingerprint density at radius 1 is 1.00 bits per heavy atom. The number of aliphatic hydroxyl groups excluding tert-OH is 1. The van der Waals surface area contributed by atoms with E-state index in [1.165, 1.54) is 11.8 Å². The van der Waals surface area contributed by atoms with E-state index in [9.17, 15) is 19.5 Å². The van der Waals surface area contributed by atoms with Crippen LogP contribution in [0.15, 0.2) is 54.1 Å². The van der Waals surface area contributed by atoms with Crippen LogP contribution in [0.1, 0.15) is 79.0 Å². The minimum absolute atomic E-state index is 0.0624. The lowest BCUT2D eigenvalue weighted by Gasteiger charge is -2.23. The fourth-order valence-electron chi connectivity index (χ4n) is 4.56. The number of nitrogens with zero attached hydrogens (tertiary/aromatic N) is 2. The van der Waals surface area contributed by atoms with Crippen LogP contribution in [-0.2, 0) is 9.59 Å². The van der Waals surface area contributed by atoms with Crippen molar-refractivity contribution < 1.29 is 29.0 Å². The van der Waals surface area contributed by atoms with Gasteiger partial charge in [0.15, 0.2) is 10.9 Å². The van der Waals surface area contributed by atoms with Crippen LogP contribution >= 0.6 is 11.3 Å². The van der Waals surface area contributed by atoms with Crippen molar-refractivity contribution >= 4 is 39.7 Å². The summed E-state index contributed by atoms with van der Waals surface area (Å²) >= 11 is 1.05. The molecule has 1 atom stereocenters. The van der Waals surface area contributed by atoms with Crippen LogP contribution in [0.3, 0.4) is 0 Å². The molecule has 4 rings (SSSR count). The number of aryl methyl sites for hydroxylation is 1. The molecule has 1 fully saturated rings. The van der Waals surface area contributed by atoms with Gasteiger partial charge < -0.3 is 14.6 Å². The number of thiazole rings is 1. The summed E-state index contributed by atoms with van der Waals surface area (Å²) in [6, 6.07) is 12.9. The Labute approximate surface area is 238 Å². The van der Waals surface area contributed by atoms with Gasteiger partial charge in [-0.05, 0) is 61.7 Å². The molecule has 1 saturated heterocycles. The quantitative estimate of drug-likeness (QED) is 0.0867. The van der Waals surface area contributed by atoms with Gasteiger partial charge in [0, 0.05) is 12.5 Å². The summed E-state index contributed by atoms with van der Waals surface area (Å²) in [5.41, 5.74) is 1.36. The highest BCUT2D eigenvalue weighted by molar-refractivity contribution is 7.18. The Morgan fingerprint density at radius 2 is 1.73 bits per heavy atom. The zero-order valence-electron chi connectivity index (χ0n) is 23.2. The number of aliphatic hydroxyl groups is 1. The number of aromatic nitrogens is 1. The molecule has 2 aromatic carbocycles. The van der Waals surface area contributed by atoms with E-state index in [0.29, 0.717) is 46.4 Å². The molecule has 9 heteroatoms. The number of ether oxygens (including phenoxy) is 2. The van der Waals surface area contributed by atoms with Crippen molar-refractivity contribution in [2.45, 2.75) is 59.4 Å². The van der Waals surface area contributed by atoms with Gasteiger partial charge in [0.1, 0.15) is 17.3 Å². The van der Waals surface area contributed by atoms with Crippen LogP contribution < -0.4 is 14.4 Å². The van der Waals surface area contributed by atoms with Gasteiger partial charge in [0.05, 0.1) is 35.4 Å². The molecule has 3 aromatic rings. The lowest BCUT2D eigenvalue weighted by molar-refractivity contribution is -0.132. The number of hydrogen-bond donors (Lipinski definition) is 1. The Morgan fingerprint density at radius 3 is 2.38 bits per heavy atom. The normalized spacial score (nSPS) is 16.4. The number of Topliss-reactive ketones (excluding diaryl/α,β-unsaturated/α-hetero) is 2. The number of rotatable bonds is 12. The molecular weight excluding hydrogens is 528 g/mol. The number of ketones is 2. The second-order valence-corrected chi connectivity index (χ2v) is 10.6. The molecule has 0 aliphatic carbocycles. The van der Waals surface area contributed by atoms with E-state index < -0.39 is 17.7 Å². The lowest BCUT2D eigenvalue weighted by atomic mass is 9.95. The topological polar surface area (TPSA) is 106 Å². The summed E-state index contributed by atoms with van der Waals surface area (Å²) in [6.07, 6.45) is 3.88. The molecule has 40 heavy (non-hydrogen) atoms. The van der Waals surface area contributed by atoms with Crippen LogP contribution in [0.25, 0.3) is 5.76 Å². The SMILES string of the molecule is CCCCCOc1cccc(C2/C(=C(\O)c3ccc(OCCC)cc3)C(=O)C(=O)N2c2nc(C)c(C(C)=O)s2)c1. The zero-order chi connectivity index (χ0) is 28.8. The number of carbonyl (C=O) groups is 3. The minimum atomic E-state index is -0.972. The van der Waals surface area contributed by atoms with Crippen molar-refractivity contribution in [1.29, 1.82) is 0 Å². The summed E-state index contributed by atoms with van der Waals surface area (Å²) in [7, 11) is 0. The molecule has 1 unspecified atom stereocenters. The highest BCUT2D eigenvalue weighted by atomic mass is 32.1. The molecule has 0 spiro atoms. The first-order valence-corrected chi connectivity index (χ1v) is 14.3. The van der Waals surface area contributed by atoms with Gasteiger partial charge >= 0.3 is 5.91 Å². The largest absolute Gasteiger partial charge is 0.507 e. The first-order chi connectivity index (χ1) is 19.3. The molecule has 1 aliphatic heterocycles. The first-order valence-electron chi connectivity index (χ1n) is 13.5. The van der Waals surface area contributed by atoms with Gasteiger partial charge in [-0.15, -0.1) is 0 Å². The summed E-state index contributed by atoms with van der Waals surface area (Å²) < 4.78 is 11.6. The molecule has 0 saturated carbocycles. The number of benzene rings is 2. The second kappa shape index (κ2) is 12.9. The maximum absolute atomic E-state index is 13.5. The molecule has 2 heterocycles.